The molecule has 2 N–H and O–H groups in total. The minimum atomic E-state index is -0.388. The Morgan fingerprint density at radius 2 is 2.25 bits per heavy atom. The third kappa shape index (κ3) is 4.09. The smallest absolute Gasteiger partial charge is 0.142 e. The molecule has 20 heavy (non-hydrogen) atoms. The first-order valence-corrected chi connectivity index (χ1v) is 7.42. The SMILES string of the molecule is COCCNCc1cccc(Cl)c1OC1CCCC1O. The standard InChI is InChI=1S/C15H22ClNO3/c1-19-9-8-17-10-11-4-2-5-12(16)15(11)20-14-7-3-6-13(14)18/h2,4-5,13-14,17-18H,3,6-10H2,1H3. The van der Waals surface area contributed by atoms with Gasteiger partial charge in [-0.15, -0.1) is 0 Å². The molecule has 2 unspecified atom stereocenters. The minimum absolute atomic E-state index is 0.146. The zero-order chi connectivity index (χ0) is 14.4. The number of aliphatic hydroxyl groups is 1. The van der Waals surface area contributed by atoms with Gasteiger partial charge in [0.25, 0.3) is 0 Å². The summed E-state index contributed by atoms with van der Waals surface area (Å²) >= 11 is 6.24. The van der Waals surface area contributed by atoms with Crippen molar-refractivity contribution in [2.45, 2.75) is 38.0 Å². The molecule has 5 heteroatoms. The van der Waals surface area contributed by atoms with Gasteiger partial charge in [0.05, 0.1) is 17.7 Å². The van der Waals surface area contributed by atoms with Crippen LogP contribution in [-0.2, 0) is 11.3 Å². The van der Waals surface area contributed by atoms with Crippen molar-refractivity contribution >= 4 is 11.6 Å². The van der Waals surface area contributed by atoms with Gasteiger partial charge in [-0.2, -0.15) is 0 Å². The normalized spacial score (nSPS) is 22.1. The summed E-state index contributed by atoms with van der Waals surface area (Å²) < 4.78 is 11.0. The Bertz CT molecular complexity index is 428. The van der Waals surface area contributed by atoms with Gasteiger partial charge in [0.2, 0.25) is 0 Å². The first-order valence-electron chi connectivity index (χ1n) is 7.04. The lowest BCUT2D eigenvalue weighted by atomic mass is 10.2. The number of rotatable bonds is 7. The summed E-state index contributed by atoms with van der Waals surface area (Å²) in [4.78, 5) is 0. The van der Waals surface area contributed by atoms with Crippen LogP contribution in [0.15, 0.2) is 18.2 Å². The highest BCUT2D eigenvalue weighted by atomic mass is 35.5. The number of nitrogens with one attached hydrogen (secondary N) is 1. The first-order chi connectivity index (χ1) is 9.72. The predicted octanol–water partition coefficient (Wildman–Crippen LogP) is 2.37. The molecule has 0 bridgehead atoms. The maximum absolute atomic E-state index is 9.88. The zero-order valence-corrected chi connectivity index (χ0v) is 12.5. The second-order valence-corrected chi connectivity index (χ2v) is 5.46. The monoisotopic (exact) mass is 299 g/mol. The first kappa shape index (κ1) is 15.6. The van der Waals surface area contributed by atoms with Crippen molar-refractivity contribution < 1.29 is 14.6 Å². The highest BCUT2D eigenvalue weighted by molar-refractivity contribution is 6.32. The van der Waals surface area contributed by atoms with Gasteiger partial charge in [0.1, 0.15) is 11.9 Å². The second-order valence-electron chi connectivity index (χ2n) is 5.05. The van der Waals surface area contributed by atoms with Crippen LogP contribution < -0.4 is 10.1 Å². The quantitative estimate of drug-likeness (QED) is 0.759. The largest absolute Gasteiger partial charge is 0.486 e. The molecule has 1 aliphatic rings. The predicted molar refractivity (Wildman–Crippen MR) is 79.3 cm³/mol. The Morgan fingerprint density at radius 1 is 1.40 bits per heavy atom. The van der Waals surface area contributed by atoms with Crippen molar-refractivity contribution in [2.75, 3.05) is 20.3 Å². The molecule has 0 aliphatic heterocycles. The Hall–Kier alpha value is -0.810. The fourth-order valence-electron chi connectivity index (χ4n) is 2.42. The van der Waals surface area contributed by atoms with E-state index in [2.05, 4.69) is 5.32 Å². The summed E-state index contributed by atoms with van der Waals surface area (Å²) in [6, 6.07) is 5.72. The fourth-order valence-corrected chi connectivity index (χ4v) is 2.66. The fraction of sp³-hybridized carbons (Fsp3) is 0.600. The molecule has 112 valence electrons. The van der Waals surface area contributed by atoms with E-state index in [0.29, 0.717) is 23.9 Å². The van der Waals surface area contributed by atoms with Crippen LogP contribution in [0.1, 0.15) is 24.8 Å². The van der Waals surface area contributed by atoms with Crippen LogP contribution in [0.5, 0.6) is 5.75 Å². The van der Waals surface area contributed by atoms with Crippen molar-refractivity contribution in [3.63, 3.8) is 0 Å². The Kier molecular flexibility index (Phi) is 6.10. The molecular formula is C15H22ClNO3. The number of halogens is 1. The number of aliphatic hydroxyl groups excluding tert-OH is 1. The lowest BCUT2D eigenvalue weighted by Crippen LogP contribution is -2.27. The van der Waals surface area contributed by atoms with Crippen LogP contribution in [0.4, 0.5) is 0 Å². The average Bonchev–Trinajstić information content (AvgIpc) is 2.84. The van der Waals surface area contributed by atoms with Crippen molar-refractivity contribution in [3.8, 4) is 5.75 Å². The average molecular weight is 300 g/mol. The molecule has 1 aromatic rings. The molecular weight excluding hydrogens is 278 g/mol. The molecule has 0 spiro atoms. The van der Waals surface area contributed by atoms with E-state index in [1.54, 1.807) is 7.11 Å². The van der Waals surface area contributed by atoms with Crippen LogP contribution in [0.3, 0.4) is 0 Å². The van der Waals surface area contributed by atoms with E-state index in [-0.39, 0.29) is 12.2 Å². The number of ether oxygens (including phenoxy) is 2. The zero-order valence-electron chi connectivity index (χ0n) is 11.8. The number of hydrogen-bond donors (Lipinski definition) is 2. The molecule has 0 saturated heterocycles. The molecule has 1 aromatic carbocycles. The van der Waals surface area contributed by atoms with E-state index in [1.165, 1.54) is 0 Å². The molecule has 0 amide bonds. The maximum Gasteiger partial charge on any atom is 0.142 e. The van der Waals surface area contributed by atoms with Crippen LogP contribution >= 0.6 is 11.6 Å². The van der Waals surface area contributed by atoms with E-state index in [4.69, 9.17) is 21.1 Å². The number of methoxy groups -OCH3 is 1. The van der Waals surface area contributed by atoms with Crippen molar-refractivity contribution in [1.82, 2.24) is 5.32 Å². The van der Waals surface area contributed by atoms with E-state index in [1.807, 2.05) is 18.2 Å². The Labute approximate surface area is 125 Å². The van der Waals surface area contributed by atoms with Crippen molar-refractivity contribution in [3.05, 3.63) is 28.8 Å². The summed E-state index contributed by atoms with van der Waals surface area (Å²) in [5.74, 6) is 0.685. The molecule has 1 fully saturated rings. The summed E-state index contributed by atoms with van der Waals surface area (Å²) in [7, 11) is 1.68. The van der Waals surface area contributed by atoms with Crippen molar-refractivity contribution in [1.29, 1.82) is 0 Å². The number of benzene rings is 1. The third-order valence-electron chi connectivity index (χ3n) is 3.53. The van der Waals surface area contributed by atoms with Gasteiger partial charge in [0.15, 0.2) is 0 Å². The Balaban J connectivity index is 2.02. The molecule has 1 saturated carbocycles. The van der Waals surface area contributed by atoms with E-state index in [0.717, 1.165) is 31.4 Å². The summed E-state index contributed by atoms with van der Waals surface area (Å²) in [6.45, 7) is 2.11. The van der Waals surface area contributed by atoms with Gasteiger partial charge in [-0.3, -0.25) is 0 Å². The molecule has 2 rings (SSSR count). The Morgan fingerprint density at radius 3 is 2.95 bits per heavy atom. The summed E-state index contributed by atoms with van der Waals surface area (Å²) in [5.41, 5.74) is 1.01. The van der Waals surface area contributed by atoms with Crippen LogP contribution in [0, 0.1) is 0 Å². The topological polar surface area (TPSA) is 50.7 Å². The summed E-state index contributed by atoms with van der Waals surface area (Å²) in [6.07, 6.45) is 2.14. The lowest BCUT2D eigenvalue weighted by Gasteiger charge is -2.20. The van der Waals surface area contributed by atoms with Crippen LogP contribution in [0.25, 0.3) is 0 Å². The maximum atomic E-state index is 9.88. The minimum Gasteiger partial charge on any atom is -0.486 e. The molecule has 4 nitrogen and oxygen atoms in total. The molecule has 2 atom stereocenters. The van der Waals surface area contributed by atoms with Gasteiger partial charge in [-0.1, -0.05) is 23.7 Å². The van der Waals surface area contributed by atoms with Gasteiger partial charge >= 0.3 is 0 Å². The van der Waals surface area contributed by atoms with Gasteiger partial charge in [0, 0.05) is 25.8 Å². The second kappa shape index (κ2) is 7.84. The number of hydrogen-bond acceptors (Lipinski definition) is 4. The van der Waals surface area contributed by atoms with E-state index in [9.17, 15) is 5.11 Å². The molecule has 1 aliphatic carbocycles. The van der Waals surface area contributed by atoms with Gasteiger partial charge in [-0.25, -0.2) is 0 Å². The lowest BCUT2D eigenvalue weighted by molar-refractivity contribution is 0.0597. The van der Waals surface area contributed by atoms with E-state index < -0.39 is 0 Å². The number of para-hydroxylation sites is 1. The highest BCUT2D eigenvalue weighted by Gasteiger charge is 2.28. The molecule has 0 aromatic heterocycles. The third-order valence-corrected chi connectivity index (χ3v) is 3.83. The highest BCUT2D eigenvalue weighted by Crippen LogP contribution is 2.33. The summed E-state index contributed by atoms with van der Waals surface area (Å²) in [5, 5.41) is 13.8. The molecule has 0 radical (unpaired) electrons. The van der Waals surface area contributed by atoms with Crippen LogP contribution in [-0.4, -0.2) is 37.6 Å². The van der Waals surface area contributed by atoms with Crippen molar-refractivity contribution in [2.24, 2.45) is 0 Å². The van der Waals surface area contributed by atoms with Gasteiger partial charge < -0.3 is 19.9 Å². The molecule has 0 heterocycles. The van der Waals surface area contributed by atoms with Crippen LogP contribution in [0.2, 0.25) is 5.02 Å². The van der Waals surface area contributed by atoms with Gasteiger partial charge in [-0.05, 0) is 25.3 Å². The van der Waals surface area contributed by atoms with E-state index >= 15 is 0 Å².